The molecular formula is C11H14S2. The molecular weight excluding hydrogens is 196 g/mol. The van der Waals surface area contributed by atoms with Crippen LogP contribution in [0.2, 0.25) is 0 Å². The Labute approximate surface area is 90.9 Å². The Balaban J connectivity index is 3.37. The molecule has 0 unspecified atom stereocenters. The fourth-order valence-electron chi connectivity index (χ4n) is 1.65. The lowest BCUT2D eigenvalue weighted by Crippen LogP contribution is -1.90. The second-order valence-electron chi connectivity index (χ2n) is 3.29. The Morgan fingerprint density at radius 1 is 1.15 bits per heavy atom. The molecule has 0 aliphatic heterocycles. The molecule has 0 saturated heterocycles. The van der Waals surface area contributed by atoms with Crippen LogP contribution in [0.4, 0.5) is 0 Å². The first-order valence-electron chi connectivity index (χ1n) is 4.18. The van der Waals surface area contributed by atoms with Crippen molar-refractivity contribution in [1.29, 1.82) is 0 Å². The van der Waals surface area contributed by atoms with Crippen LogP contribution < -0.4 is 0 Å². The van der Waals surface area contributed by atoms with Gasteiger partial charge in [0.25, 0.3) is 0 Å². The van der Waals surface area contributed by atoms with Crippen molar-refractivity contribution in [3.8, 4) is 0 Å². The van der Waals surface area contributed by atoms with Crippen molar-refractivity contribution in [3.63, 3.8) is 0 Å². The van der Waals surface area contributed by atoms with Crippen LogP contribution in [-0.2, 0) is 0 Å². The van der Waals surface area contributed by atoms with Gasteiger partial charge in [0.2, 0.25) is 0 Å². The molecule has 1 aromatic carbocycles. The summed E-state index contributed by atoms with van der Waals surface area (Å²) in [6.07, 6.45) is 0. The Bertz CT molecular complexity index is 328. The molecule has 0 heterocycles. The predicted octanol–water partition coefficient (Wildman–Crippen LogP) is 3.77. The number of benzene rings is 1. The van der Waals surface area contributed by atoms with E-state index < -0.39 is 0 Å². The van der Waals surface area contributed by atoms with Gasteiger partial charge in [0.1, 0.15) is 0 Å². The average Bonchev–Trinajstić information content (AvgIpc) is 2.02. The van der Waals surface area contributed by atoms with Crippen molar-refractivity contribution >= 4 is 30.2 Å². The quantitative estimate of drug-likeness (QED) is 0.648. The highest BCUT2D eigenvalue weighted by Gasteiger charge is 2.05. The number of thiol groups is 2. The summed E-state index contributed by atoms with van der Waals surface area (Å²) in [7, 11) is 0. The van der Waals surface area contributed by atoms with E-state index in [1.165, 1.54) is 22.3 Å². The highest BCUT2D eigenvalue weighted by atomic mass is 32.1. The van der Waals surface area contributed by atoms with Crippen LogP contribution in [0, 0.1) is 20.8 Å². The van der Waals surface area contributed by atoms with Crippen LogP contribution >= 0.6 is 25.3 Å². The molecule has 0 amide bonds. The van der Waals surface area contributed by atoms with Gasteiger partial charge in [-0.25, -0.2) is 0 Å². The number of rotatable bonds is 1. The van der Waals surface area contributed by atoms with Gasteiger partial charge in [-0.2, -0.15) is 12.6 Å². The van der Waals surface area contributed by atoms with Crippen LogP contribution in [0.3, 0.4) is 0 Å². The molecule has 2 heteroatoms. The maximum Gasteiger partial charge on any atom is 0.0179 e. The number of hydrogen-bond acceptors (Lipinski definition) is 2. The third-order valence-electron chi connectivity index (χ3n) is 2.06. The monoisotopic (exact) mass is 210 g/mol. The molecule has 13 heavy (non-hydrogen) atoms. The van der Waals surface area contributed by atoms with E-state index >= 15 is 0 Å². The van der Waals surface area contributed by atoms with E-state index in [1.54, 1.807) is 5.41 Å². The summed E-state index contributed by atoms with van der Waals surface area (Å²) in [6.45, 7) is 6.30. The third kappa shape index (κ3) is 2.32. The van der Waals surface area contributed by atoms with Gasteiger partial charge in [0.15, 0.2) is 0 Å². The Morgan fingerprint density at radius 2 is 1.62 bits per heavy atom. The van der Waals surface area contributed by atoms with Crippen molar-refractivity contribution in [2.24, 2.45) is 0 Å². The van der Waals surface area contributed by atoms with Crippen LogP contribution in [0.1, 0.15) is 22.3 Å². The first-order chi connectivity index (χ1) is 6.06. The van der Waals surface area contributed by atoms with Crippen molar-refractivity contribution in [1.82, 2.24) is 0 Å². The lowest BCUT2D eigenvalue weighted by molar-refractivity contribution is 1.30. The molecule has 0 radical (unpaired) electrons. The fourth-order valence-corrected chi connectivity index (χ4v) is 2.13. The second-order valence-corrected chi connectivity index (χ2v) is 4.03. The minimum atomic E-state index is 0.929. The van der Waals surface area contributed by atoms with Crippen LogP contribution in [-0.4, -0.2) is 0 Å². The molecule has 0 aliphatic carbocycles. The summed E-state index contributed by atoms with van der Waals surface area (Å²) in [5.41, 5.74) is 5.00. The molecule has 0 aromatic heterocycles. The Morgan fingerprint density at radius 3 is 2.00 bits per heavy atom. The third-order valence-corrected chi connectivity index (χ3v) is 2.87. The molecule has 1 rings (SSSR count). The van der Waals surface area contributed by atoms with E-state index in [4.69, 9.17) is 0 Å². The van der Waals surface area contributed by atoms with E-state index in [9.17, 15) is 0 Å². The van der Waals surface area contributed by atoms with Gasteiger partial charge in [0, 0.05) is 4.91 Å². The predicted molar refractivity (Wildman–Crippen MR) is 66.6 cm³/mol. The molecule has 0 nitrogen and oxygen atoms in total. The maximum atomic E-state index is 4.38. The lowest BCUT2D eigenvalue weighted by atomic mass is 10.00. The molecule has 0 N–H and O–H groups in total. The van der Waals surface area contributed by atoms with Gasteiger partial charge in [-0.1, -0.05) is 17.7 Å². The minimum Gasteiger partial charge on any atom is -0.150 e. The van der Waals surface area contributed by atoms with Crippen molar-refractivity contribution < 1.29 is 0 Å². The Kier molecular flexibility index (Phi) is 3.51. The van der Waals surface area contributed by atoms with Crippen molar-refractivity contribution in [3.05, 3.63) is 39.8 Å². The molecule has 0 fully saturated rings. The maximum absolute atomic E-state index is 4.38. The zero-order chi connectivity index (χ0) is 10.0. The zero-order valence-electron chi connectivity index (χ0n) is 8.13. The summed E-state index contributed by atoms with van der Waals surface area (Å²) in [5.74, 6) is 0. The fraction of sp³-hybridized carbons (Fsp3) is 0.273. The minimum absolute atomic E-state index is 0.929. The van der Waals surface area contributed by atoms with E-state index in [1.807, 2.05) is 0 Å². The second kappa shape index (κ2) is 4.25. The van der Waals surface area contributed by atoms with Gasteiger partial charge in [0.05, 0.1) is 0 Å². The molecule has 0 spiro atoms. The molecule has 0 atom stereocenters. The van der Waals surface area contributed by atoms with Crippen LogP contribution in [0.15, 0.2) is 17.5 Å². The van der Waals surface area contributed by atoms with Crippen molar-refractivity contribution in [2.45, 2.75) is 20.8 Å². The van der Waals surface area contributed by atoms with E-state index in [-0.39, 0.29) is 0 Å². The first kappa shape index (κ1) is 10.7. The molecule has 0 saturated carbocycles. The molecule has 0 aliphatic rings. The normalized spacial score (nSPS) is 11.9. The number of hydrogen-bond donors (Lipinski definition) is 2. The van der Waals surface area contributed by atoms with Gasteiger partial charge >= 0.3 is 0 Å². The van der Waals surface area contributed by atoms with E-state index in [2.05, 4.69) is 58.2 Å². The number of aryl methyl sites for hydroxylation is 3. The van der Waals surface area contributed by atoms with Gasteiger partial charge < -0.3 is 0 Å². The van der Waals surface area contributed by atoms with Gasteiger partial charge in [-0.05, 0) is 42.9 Å². The summed E-state index contributed by atoms with van der Waals surface area (Å²) in [6, 6.07) is 4.33. The summed E-state index contributed by atoms with van der Waals surface area (Å²) in [4.78, 5) is 0.929. The summed E-state index contributed by atoms with van der Waals surface area (Å²) in [5, 5.41) is 1.73. The SMILES string of the molecule is Cc1cc(C)c(C(S)=CS)c(C)c1. The largest absolute Gasteiger partial charge is 0.150 e. The standard InChI is InChI=1S/C11H14S2/c1-7-4-8(2)11(9(3)5-7)10(13)6-12/h4-6,12-13H,1-3H3. The highest BCUT2D eigenvalue weighted by molar-refractivity contribution is 7.92. The van der Waals surface area contributed by atoms with Gasteiger partial charge in [-0.15, -0.1) is 12.6 Å². The van der Waals surface area contributed by atoms with Crippen LogP contribution in [0.5, 0.6) is 0 Å². The van der Waals surface area contributed by atoms with Crippen molar-refractivity contribution in [2.75, 3.05) is 0 Å². The van der Waals surface area contributed by atoms with Gasteiger partial charge in [-0.3, -0.25) is 0 Å². The molecule has 0 bridgehead atoms. The van der Waals surface area contributed by atoms with E-state index in [0.29, 0.717) is 0 Å². The lowest BCUT2D eigenvalue weighted by Gasteiger charge is -2.10. The topological polar surface area (TPSA) is 0 Å². The smallest absolute Gasteiger partial charge is 0.0179 e. The zero-order valence-corrected chi connectivity index (χ0v) is 9.92. The Hall–Kier alpha value is -0.340. The summed E-state index contributed by atoms with van der Waals surface area (Å²) >= 11 is 8.49. The van der Waals surface area contributed by atoms with Crippen LogP contribution in [0.25, 0.3) is 4.91 Å². The summed E-state index contributed by atoms with van der Waals surface area (Å²) < 4.78 is 0. The highest BCUT2D eigenvalue weighted by Crippen LogP contribution is 2.27. The first-order valence-corrected chi connectivity index (χ1v) is 5.14. The average molecular weight is 210 g/mol. The molecule has 1 aromatic rings. The molecule has 70 valence electrons. The van der Waals surface area contributed by atoms with E-state index in [0.717, 1.165) is 4.91 Å².